The Bertz CT molecular complexity index is 610. The maximum atomic E-state index is 11.8. The quantitative estimate of drug-likeness (QED) is 0.829. The molecule has 2 N–H and O–H groups in total. The van der Waals surface area contributed by atoms with E-state index in [1.165, 1.54) is 29.3 Å². The van der Waals surface area contributed by atoms with Crippen LogP contribution in [-0.4, -0.2) is 17.4 Å². The van der Waals surface area contributed by atoms with Crippen molar-refractivity contribution in [1.82, 2.24) is 10.3 Å². The first kappa shape index (κ1) is 13.2. The number of unbranched alkanes of at least 4 members (excludes halogenated alkanes) is 1. The highest BCUT2D eigenvalue weighted by Gasteiger charge is 2.45. The van der Waals surface area contributed by atoms with Crippen molar-refractivity contribution in [2.45, 2.75) is 44.4 Å². The number of hydrogen-bond acceptors (Lipinski definition) is 1. The molecule has 3 rings (SSSR count). The number of rotatable bonds is 6. The molecule has 2 aromatic rings. The molecule has 1 fully saturated rings. The van der Waals surface area contributed by atoms with E-state index in [4.69, 9.17) is 0 Å². The summed E-state index contributed by atoms with van der Waals surface area (Å²) in [5.74, 6) is 0.193. The number of carbonyl (C=O) groups is 1. The van der Waals surface area contributed by atoms with Crippen molar-refractivity contribution < 1.29 is 4.79 Å². The van der Waals surface area contributed by atoms with Gasteiger partial charge in [0.25, 0.3) is 0 Å². The molecule has 1 heterocycles. The summed E-state index contributed by atoms with van der Waals surface area (Å²) < 4.78 is 0. The van der Waals surface area contributed by atoms with E-state index >= 15 is 0 Å². The van der Waals surface area contributed by atoms with Crippen LogP contribution in [0.15, 0.2) is 30.5 Å². The van der Waals surface area contributed by atoms with Crippen LogP contribution in [0.5, 0.6) is 0 Å². The molecule has 20 heavy (non-hydrogen) atoms. The van der Waals surface area contributed by atoms with Gasteiger partial charge in [0.15, 0.2) is 0 Å². The van der Waals surface area contributed by atoms with Gasteiger partial charge in [-0.15, -0.1) is 0 Å². The van der Waals surface area contributed by atoms with Crippen molar-refractivity contribution >= 4 is 16.8 Å². The van der Waals surface area contributed by atoms with Crippen molar-refractivity contribution in [3.63, 3.8) is 0 Å². The van der Waals surface area contributed by atoms with Gasteiger partial charge in [0, 0.05) is 35.5 Å². The Labute approximate surface area is 119 Å². The first-order valence-corrected chi connectivity index (χ1v) is 7.58. The third kappa shape index (κ3) is 2.45. The lowest BCUT2D eigenvalue weighted by molar-refractivity contribution is -0.121. The predicted octanol–water partition coefficient (Wildman–Crippen LogP) is 3.51. The van der Waals surface area contributed by atoms with Crippen LogP contribution >= 0.6 is 0 Å². The van der Waals surface area contributed by atoms with Crippen LogP contribution in [0, 0.1) is 0 Å². The monoisotopic (exact) mass is 270 g/mol. The molecule has 0 spiro atoms. The first-order valence-electron chi connectivity index (χ1n) is 7.58. The van der Waals surface area contributed by atoms with Crippen LogP contribution in [0.2, 0.25) is 0 Å². The number of aromatic nitrogens is 1. The molecule has 1 amide bonds. The molecule has 1 saturated carbocycles. The fourth-order valence-electron chi connectivity index (χ4n) is 2.90. The Balaban J connectivity index is 1.71. The zero-order valence-corrected chi connectivity index (χ0v) is 12.0. The van der Waals surface area contributed by atoms with Gasteiger partial charge in [-0.3, -0.25) is 4.79 Å². The maximum Gasteiger partial charge on any atom is 0.220 e. The largest absolute Gasteiger partial charge is 0.361 e. The van der Waals surface area contributed by atoms with Crippen LogP contribution in [0.4, 0.5) is 0 Å². The Kier molecular flexibility index (Phi) is 3.51. The number of fused-ring (bicyclic) bond motifs is 1. The third-order valence-corrected chi connectivity index (χ3v) is 4.40. The van der Waals surface area contributed by atoms with E-state index in [2.05, 4.69) is 47.7 Å². The highest BCUT2D eigenvalue weighted by atomic mass is 16.1. The highest BCUT2D eigenvalue weighted by molar-refractivity contribution is 5.85. The number of nitrogens with one attached hydrogen (secondary N) is 2. The Hall–Kier alpha value is -1.77. The molecule has 0 saturated heterocycles. The minimum Gasteiger partial charge on any atom is -0.361 e. The highest BCUT2D eigenvalue weighted by Crippen LogP contribution is 2.49. The average molecular weight is 270 g/mol. The van der Waals surface area contributed by atoms with E-state index in [0.717, 1.165) is 19.4 Å². The Morgan fingerprint density at radius 3 is 2.90 bits per heavy atom. The van der Waals surface area contributed by atoms with Crippen LogP contribution < -0.4 is 5.32 Å². The summed E-state index contributed by atoms with van der Waals surface area (Å²) in [4.78, 5) is 15.1. The summed E-state index contributed by atoms with van der Waals surface area (Å²) in [5, 5.41) is 4.42. The van der Waals surface area contributed by atoms with Gasteiger partial charge in [0.1, 0.15) is 0 Å². The Morgan fingerprint density at radius 2 is 2.15 bits per heavy atom. The second kappa shape index (κ2) is 5.31. The number of amides is 1. The summed E-state index contributed by atoms with van der Waals surface area (Å²) in [6, 6.07) is 8.40. The van der Waals surface area contributed by atoms with Crippen molar-refractivity contribution in [3.8, 4) is 0 Å². The third-order valence-electron chi connectivity index (χ3n) is 4.40. The van der Waals surface area contributed by atoms with Gasteiger partial charge >= 0.3 is 0 Å². The van der Waals surface area contributed by atoms with E-state index in [0.29, 0.717) is 6.42 Å². The van der Waals surface area contributed by atoms with Crippen LogP contribution in [0.3, 0.4) is 0 Å². The topological polar surface area (TPSA) is 44.9 Å². The second-order valence-corrected chi connectivity index (χ2v) is 5.91. The van der Waals surface area contributed by atoms with Crippen molar-refractivity contribution in [1.29, 1.82) is 0 Å². The minimum absolute atomic E-state index is 0.168. The van der Waals surface area contributed by atoms with Crippen LogP contribution in [0.1, 0.15) is 44.6 Å². The first-order chi connectivity index (χ1) is 9.75. The van der Waals surface area contributed by atoms with Gasteiger partial charge in [0.05, 0.1) is 0 Å². The van der Waals surface area contributed by atoms with Gasteiger partial charge in [0.2, 0.25) is 5.91 Å². The molecule has 1 aromatic heterocycles. The van der Waals surface area contributed by atoms with E-state index in [1.54, 1.807) is 0 Å². The number of H-pyrrole nitrogens is 1. The number of aromatic amines is 1. The molecular weight excluding hydrogens is 248 g/mol. The summed E-state index contributed by atoms with van der Waals surface area (Å²) in [6.07, 6.45) is 7.16. The Morgan fingerprint density at radius 1 is 1.35 bits per heavy atom. The van der Waals surface area contributed by atoms with Crippen LogP contribution in [0.25, 0.3) is 10.9 Å². The second-order valence-electron chi connectivity index (χ2n) is 5.91. The summed E-state index contributed by atoms with van der Waals surface area (Å²) in [5.41, 5.74) is 2.72. The van der Waals surface area contributed by atoms with Crippen molar-refractivity contribution in [2.24, 2.45) is 0 Å². The minimum atomic E-state index is 0.168. The summed E-state index contributed by atoms with van der Waals surface area (Å²) in [7, 11) is 0. The number of hydrogen-bond donors (Lipinski definition) is 2. The lowest BCUT2D eigenvalue weighted by Crippen LogP contribution is -2.31. The summed E-state index contributed by atoms with van der Waals surface area (Å²) in [6.45, 7) is 2.89. The van der Waals surface area contributed by atoms with E-state index < -0.39 is 0 Å². The van der Waals surface area contributed by atoms with E-state index in [1.807, 2.05) is 0 Å². The van der Waals surface area contributed by atoms with Gasteiger partial charge in [-0.25, -0.2) is 0 Å². The van der Waals surface area contributed by atoms with E-state index in [9.17, 15) is 4.79 Å². The van der Waals surface area contributed by atoms with Crippen molar-refractivity contribution in [2.75, 3.05) is 6.54 Å². The summed E-state index contributed by atoms with van der Waals surface area (Å²) >= 11 is 0. The lowest BCUT2D eigenvalue weighted by Gasteiger charge is -2.15. The van der Waals surface area contributed by atoms with Gasteiger partial charge in [-0.2, -0.15) is 0 Å². The molecule has 0 bridgehead atoms. The molecule has 3 heteroatoms. The molecule has 3 nitrogen and oxygen atoms in total. The fraction of sp³-hybridized carbons (Fsp3) is 0.471. The fourth-order valence-corrected chi connectivity index (χ4v) is 2.90. The SMILES string of the molecule is CCCCC(=O)NCC1(c2c[nH]c3ccccc23)CC1. The van der Waals surface area contributed by atoms with Crippen molar-refractivity contribution in [3.05, 3.63) is 36.0 Å². The molecule has 1 aliphatic rings. The maximum absolute atomic E-state index is 11.8. The molecule has 0 aliphatic heterocycles. The standard InChI is InChI=1S/C17H22N2O/c1-2-3-8-16(20)19-12-17(9-10-17)14-11-18-15-7-5-4-6-13(14)15/h4-7,11,18H,2-3,8-10,12H2,1H3,(H,19,20). The molecule has 1 aromatic carbocycles. The molecule has 0 atom stereocenters. The smallest absolute Gasteiger partial charge is 0.220 e. The number of benzene rings is 1. The van der Waals surface area contributed by atoms with Gasteiger partial charge < -0.3 is 10.3 Å². The lowest BCUT2D eigenvalue weighted by atomic mass is 9.95. The van der Waals surface area contributed by atoms with Gasteiger partial charge in [-0.1, -0.05) is 31.5 Å². The van der Waals surface area contributed by atoms with Gasteiger partial charge in [-0.05, 0) is 30.9 Å². The normalized spacial score (nSPS) is 16.2. The number of carbonyl (C=O) groups excluding carboxylic acids is 1. The van der Waals surface area contributed by atoms with E-state index in [-0.39, 0.29) is 11.3 Å². The molecule has 1 aliphatic carbocycles. The molecular formula is C17H22N2O. The molecule has 106 valence electrons. The molecule has 0 unspecified atom stereocenters. The predicted molar refractivity (Wildman–Crippen MR) is 81.7 cm³/mol. The van der Waals surface area contributed by atoms with Crippen LogP contribution in [-0.2, 0) is 10.2 Å². The number of para-hydroxylation sites is 1. The average Bonchev–Trinajstić information content (AvgIpc) is 3.14. The molecule has 0 radical (unpaired) electrons. The zero-order chi connectivity index (χ0) is 14.0. The zero-order valence-electron chi connectivity index (χ0n) is 12.0.